The molecule has 0 amide bonds. The van der Waals surface area contributed by atoms with Crippen molar-refractivity contribution < 1.29 is 18.6 Å². The molecule has 2 aliphatic rings. The van der Waals surface area contributed by atoms with E-state index in [1.807, 2.05) is 12.1 Å². The van der Waals surface area contributed by atoms with Gasteiger partial charge in [-0.25, -0.2) is 0 Å². The summed E-state index contributed by atoms with van der Waals surface area (Å²) in [5.41, 5.74) is 0.795. The van der Waals surface area contributed by atoms with Crippen molar-refractivity contribution in [1.82, 2.24) is 10.2 Å². The van der Waals surface area contributed by atoms with Gasteiger partial charge in [0, 0.05) is 19.1 Å². The Kier molecular flexibility index (Phi) is 3.49. The second-order valence-electron chi connectivity index (χ2n) is 6.36. The number of fused-ring (bicyclic) bond motifs is 1. The lowest BCUT2D eigenvalue weighted by molar-refractivity contribution is 0.0539. The zero-order chi connectivity index (χ0) is 15.9. The van der Waals surface area contributed by atoms with Crippen LogP contribution in [-0.4, -0.2) is 30.2 Å². The molecule has 0 atom stereocenters. The molecule has 1 aromatic heterocycles. The van der Waals surface area contributed by atoms with E-state index in [1.165, 1.54) is 0 Å². The van der Waals surface area contributed by atoms with Crippen molar-refractivity contribution in [2.45, 2.75) is 38.0 Å². The summed E-state index contributed by atoms with van der Waals surface area (Å²) in [5, 5.41) is 8.58. The molecule has 0 aliphatic carbocycles. The van der Waals surface area contributed by atoms with Gasteiger partial charge in [-0.1, -0.05) is 19.9 Å². The summed E-state index contributed by atoms with van der Waals surface area (Å²) in [5.74, 6) is 3.11. The van der Waals surface area contributed by atoms with E-state index in [0.29, 0.717) is 25.0 Å². The SMILES string of the molecule is CC(C)c1nnc(C2(c3ccc4c(c3)OCO4)CCOCC2)o1. The van der Waals surface area contributed by atoms with Gasteiger partial charge in [0.05, 0.1) is 5.41 Å². The first kappa shape index (κ1) is 14.5. The van der Waals surface area contributed by atoms with Crippen molar-refractivity contribution in [3.8, 4) is 11.5 Å². The molecule has 23 heavy (non-hydrogen) atoms. The predicted molar refractivity (Wildman–Crippen MR) is 81.8 cm³/mol. The van der Waals surface area contributed by atoms with Crippen molar-refractivity contribution in [3.05, 3.63) is 35.5 Å². The van der Waals surface area contributed by atoms with Crippen LogP contribution in [0, 0.1) is 0 Å². The van der Waals surface area contributed by atoms with Crippen molar-refractivity contribution in [2.24, 2.45) is 0 Å². The second kappa shape index (κ2) is 5.53. The normalized spacial score (nSPS) is 19.3. The zero-order valence-electron chi connectivity index (χ0n) is 13.4. The summed E-state index contributed by atoms with van der Waals surface area (Å²) in [6.45, 7) is 5.72. The molecule has 1 aromatic carbocycles. The molecule has 4 rings (SSSR count). The first-order valence-electron chi connectivity index (χ1n) is 8.01. The average Bonchev–Trinajstić information content (AvgIpc) is 3.24. The molecular formula is C17H20N2O4. The molecule has 0 unspecified atom stereocenters. The van der Waals surface area contributed by atoms with E-state index in [-0.39, 0.29) is 18.1 Å². The van der Waals surface area contributed by atoms with E-state index in [4.69, 9.17) is 18.6 Å². The van der Waals surface area contributed by atoms with Crippen molar-refractivity contribution in [2.75, 3.05) is 20.0 Å². The monoisotopic (exact) mass is 316 g/mol. The number of benzene rings is 1. The Morgan fingerprint density at radius 1 is 1.04 bits per heavy atom. The summed E-state index contributed by atoms with van der Waals surface area (Å²) >= 11 is 0. The molecule has 1 saturated heterocycles. The largest absolute Gasteiger partial charge is 0.454 e. The number of ether oxygens (including phenoxy) is 3. The van der Waals surface area contributed by atoms with Crippen LogP contribution in [0.15, 0.2) is 22.6 Å². The third-order valence-electron chi connectivity index (χ3n) is 4.62. The highest BCUT2D eigenvalue weighted by Crippen LogP contribution is 2.44. The summed E-state index contributed by atoms with van der Waals surface area (Å²) in [7, 11) is 0. The lowest BCUT2D eigenvalue weighted by Crippen LogP contribution is -2.35. The van der Waals surface area contributed by atoms with Crippen LogP contribution in [-0.2, 0) is 10.2 Å². The smallest absolute Gasteiger partial charge is 0.231 e. The Morgan fingerprint density at radius 3 is 2.57 bits per heavy atom. The summed E-state index contributed by atoms with van der Waals surface area (Å²) in [6, 6.07) is 6.06. The van der Waals surface area contributed by atoms with Crippen LogP contribution in [0.1, 0.15) is 50.0 Å². The molecule has 0 bridgehead atoms. The predicted octanol–water partition coefficient (Wildman–Crippen LogP) is 3.02. The number of rotatable bonds is 3. The van der Waals surface area contributed by atoms with Gasteiger partial charge >= 0.3 is 0 Å². The number of aromatic nitrogens is 2. The van der Waals surface area contributed by atoms with E-state index in [9.17, 15) is 0 Å². The molecule has 6 heteroatoms. The Morgan fingerprint density at radius 2 is 1.83 bits per heavy atom. The molecule has 1 fully saturated rings. The third-order valence-corrected chi connectivity index (χ3v) is 4.62. The quantitative estimate of drug-likeness (QED) is 0.867. The maximum absolute atomic E-state index is 6.01. The molecule has 122 valence electrons. The topological polar surface area (TPSA) is 66.6 Å². The molecule has 0 N–H and O–H groups in total. The van der Waals surface area contributed by atoms with Crippen LogP contribution in [0.3, 0.4) is 0 Å². The fraction of sp³-hybridized carbons (Fsp3) is 0.529. The molecular weight excluding hydrogens is 296 g/mol. The molecule has 0 spiro atoms. The van der Waals surface area contributed by atoms with Gasteiger partial charge in [0.15, 0.2) is 11.5 Å². The van der Waals surface area contributed by atoms with Crippen molar-refractivity contribution in [3.63, 3.8) is 0 Å². The summed E-state index contributed by atoms with van der Waals surface area (Å²) < 4.78 is 22.5. The lowest BCUT2D eigenvalue weighted by atomic mass is 9.74. The summed E-state index contributed by atoms with van der Waals surface area (Å²) in [6.07, 6.45) is 1.62. The summed E-state index contributed by atoms with van der Waals surface area (Å²) in [4.78, 5) is 0. The molecule has 0 saturated carbocycles. The van der Waals surface area contributed by atoms with Crippen molar-refractivity contribution in [1.29, 1.82) is 0 Å². The van der Waals surface area contributed by atoms with Gasteiger partial charge < -0.3 is 18.6 Å². The van der Waals surface area contributed by atoms with Gasteiger partial charge in [-0.2, -0.15) is 0 Å². The maximum atomic E-state index is 6.01. The van der Waals surface area contributed by atoms with Gasteiger partial charge in [0.1, 0.15) is 0 Å². The molecule has 2 aromatic rings. The van der Waals surface area contributed by atoms with Crippen LogP contribution >= 0.6 is 0 Å². The second-order valence-corrected chi connectivity index (χ2v) is 6.36. The average molecular weight is 316 g/mol. The van der Waals surface area contributed by atoms with Gasteiger partial charge in [-0.15, -0.1) is 10.2 Å². The number of hydrogen-bond donors (Lipinski definition) is 0. The van der Waals surface area contributed by atoms with Crippen molar-refractivity contribution >= 4 is 0 Å². The highest BCUT2D eigenvalue weighted by Gasteiger charge is 2.42. The lowest BCUT2D eigenvalue weighted by Gasteiger charge is -2.34. The fourth-order valence-electron chi connectivity index (χ4n) is 3.20. The van der Waals surface area contributed by atoms with Gasteiger partial charge in [-0.3, -0.25) is 0 Å². The van der Waals surface area contributed by atoms with Gasteiger partial charge in [0.25, 0.3) is 0 Å². The van der Waals surface area contributed by atoms with E-state index < -0.39 is 0 Å². The number of hydrogen-bond acceptors (Lipinski definition) is 6. The van der Waals surface area contributed by atoms with Crippen LogP contribution < -0.4 is 9.47 Å². The minimum Gasteiger partial charge on any atom is -0.454 e. The Labute approximate surface area is 134 Å². The Bertz CT molecular complexity index is 704. The fourth-order valence-corrected chi connectivity index (χ4v) is 3.20. The first-order chi connectivity index (χ1) is 11.2. The Balaban J connectivity index is 1.79. The van der Waals surface area contributed by atoms with Crippen LogP contribution in [0.2, 0.25) is 0 Å². The van der Waals surface area contributed by atoms with E-state index >= 15 is 0 Å². The minimum absolute atomic E-state index is 0.213. The van der Waals surface area contributed by atoms with E-state index in [2.05, 4.69) is 30.1 Å². The maximum Gasteiger partial charge on any atom is 0.231 e. The third kappa shape index (κ3) is 2.37. The molecule has 0 radical (unpaired) electrons. The molecule has 6 nitrogen and oxygen atoms in total. The van der Waals surface area contributed by atoms with Gasteiger partial charge in [-0.05, 0) is 30.5 Å². The van der Waals surface area contributed by atoms with E-state index in [0.717, 1.165) is 29.9 Å². The molecule has 2 aliphatic heterocycles. The highest BCUT2D eigenvalue weighted by molar-refractivity contribution is 5.48. The first-order valence-corrected chi connectivity index (χ1v) is 8.01. The number of nitrogens with zero attached hydrogens (tertiary/aromatic N) is 2. The minimum atomic E-state index is -0.320. The zero-order valence-corrected chi connectivity index (χ0v) is 13.4. The van der Waals surface area contributed by atoms with Gasteiger partial charge in [0.2, 0.25) is 18.6 Å². The standard InChI is InChI=1S/C17H20N2O4/c1-11(2)15-18-19-16(23-15)17(5-7-20-8-6-17)12-3-4-13-14(9-12)22-10-21-13/h3-4,9,11H,5-8,10H2,1-2H3. The van der Waals surface area contributed by atoms with Crippen LogP contribution in [0.4, 0.5) is 0 Å². The highest BCUT2D eigenvalue weighted by atomic mass is 16.7. The Hall–Kier alpha value is -2.08. The van der Waals surface area contributed by atoms with Crippen LogP contribution in [0.5, 0.6) is 11.5 Å². The molecule has 3 heterocycles. The van der Waals surface area contributed by atoms with Crippen LogP contribution in [0.25, 0.3) is 0 Å². The van der Waals surface area contributed by atoms with E-state index in [1.54, 1.807) is 0 Å².